The molecule has 4 heterocycles. The molecule has 5 heteroatoms. The van der Waals surface area contributed by atoms with Gasteiger partial charge in [-0.1, -0.05) is 24.3 Å². The molecule has 4 nitrogen and oxygen atoms in total. The van der Waals surface area contributed by atoms with E-state index in [1.165, 1.54) is 0 Å². The number of nitrogens with zero attached hydrogens (tertiary/aromatic N) is 4. The van der Waals surface area contributed by atoms with Crippen LogP contribution in [0.1, 0.15) is 0 Å². The fourth-order valence-corrected chi connectivity index (χ4v) is 3.88. The molecule has 5 rings (SSSR count). The van der Waals surface area contributed by atoms with Crippen molar-refractivity contribution >= 4 is 42.4 Å². The van der Waals surface area contributed by atoms with E-state index in [-0.39, 0.29) is 0 Å². The summed E-state index contributed by atoms with van der Waals surface area (Å²) in [5.41, 5.74) is 1.76. The normalized spacial score (nSPS) is 11.5. The molecule has 0 atom stereocenters. The van der Waals surface area contributed by atoms with Crippen LogP contribution in [-0.2, 0) is 0 Å². The van der Waals surface area contributed by atoms with Crippen molar-refractivity contribution in [1.82, 2.24) is 19.9 Å². The average Bonchev–Trinajstić information content (AvgIpc) is 3.00. The quantitative estimate of drug-likeness (QED) is 0.458. The number of pyridine rings is 2. The molecule has 0 aliphatic heterocycles. The zero-order valence-electron chi connectivity index (χ0n) is 12.0. The summed E-state index contributed by atoms with van der Waals surface area (Å²) >= 11 is 1.66. The molecule has 5 aromatic rings. The third kappa shape index (κ3) is 1.90. The topological polar surface area (TPSA) is 51.6 Å². The van der Waals surface area contributed by atoms with Gasteiger partial charge in [-0.05, 0) is 17.5 Å². The summed E-state index contributed by atoms with van der Waals surface area (Å²) in [6.07, 6.45) is 7.17. The van der Waals surface area contributed by atoms with Crippen molar-refractivity contribution < 1.29 is 0 Å². The molecule has 1 aromatic carbocycles. The zero-order valence-corrected chi connectivity index (χ0v) is 12.8. The Morgan fingerprint density at radius 2 is 1.78 bits per heavy atom. The first-order valence-corrected chi connectivity index (χ1v) is 8.04. The van der Waals surface area contributed by atoms with E-state index < -0.39 is 0 Å². The Labute approximate surface area is 135 Å². The van der Waals surface area contributed by atoms with Crippen LogP contribution in [-0.4, -0.2) is 19.9 Å². The number of thiophene rings is 1. The maximum atomic E-state index is 4.61. The van der Waals surface area contributed by atoms with Gasteiger partial charge in [0.1, 0.15) is 11.2 Å². The lowest BCUT2D eigenvalue weighted by Crippen LogP contribution is -1.88. The van der Waals surface area contributed by atoms with E-state index in [0.29, 0.717) is 0 Å². The minimum Gasteiger partial charge on any atom is -0.254 e. The van der Waals surface area contributed by atoms with Crippen molar-refractivity contribution in [2.24, 2.45) is 0 Å². The minimum absolute atomic E-state index is 0.873. The van der Waals surface area contributed by atoms with Crippen molar-refractivity contribution in [3.63, 3.8) is 0 Å². The standard InChI is InChI=1S/C18H10N4S/c1-2-4-12-8-21-14(7-11(12)3-1)17-16-13-9-19-10-22-18(13)23-15(16)5-6-20-17/h1-10H. The number of fused-ring (bicyclic) bond motifs is 4. The van der Waals surface area contributed by atoms with E-state index in [0.717, 1.165) is 42.5 Å². The van der Waals surface area contributed by atoms with Gasteiger partial charge in [-0.15, -0.1) is 11.3 Å². The first-order chi connectivity index (χ1) is 11.4. The Morgan fingerprint density at radius 3 is 2.74 bits per heavy atom. The lowest BCUT2D eigenvalue weighted by molar-refractivity contribution is 1.23. The van der Waals surface area contributed by atoms with E-state index in [4.69, 9.17) is 0 Å². The van der Waals surface area contributed by atoms with Crippen LogP contribution in [0.4, 0.5) is 0 Å². The predicted octanol–water partition coefficient (Wildman–Crippen LogP) is 4.45. The molecule has 0 saturated carbocycles. The molecule has 23 heavy (non-hydrogen) atoms. The van der Waals surface area contributed by atoms with E-state index in [1.807, 2.05) is 36.8 Å². The van der Waals surface area contributed by atoms with Crippen LogP contribution in [0.15, 0.2) is 61.3 Å². The van der Waals surface area contributed by atoms with Crippen LogP contribution in [0.3, 0.4) is 0 Å². The Hall–Kier alpha value is -2.92. The Morgan fingerprint density at radius 1 is 0.870 bits per heavy atom. The highest BCUT2D eigenvalue weighted by Gasteiger charge is 2.14. The highest BCUT2D eigenvalue weighted by atomic mass is 32.1. The number of aromatic nitrogens is 4. The zero-order chi connectivity index (χ0) is 15.2. The molecular formula is C18H10N4S. The summed E-state index contributed by atoms with van der Waals surface area (Å²) in [6, 6.07) is 12.3. The van der Waals surface area contributed by atoms with Crippen molar-refractivity contribution in [3.05, 3.63) is 61.3 Å². The van der Waals surface area contributed by atoms with Gasteiger partial charge >= 0.3 is 0 Å². The first kappa shape index (κ1) is 12.6. The van der Waals surface area contributed by atoms with Gasteiger partial charge in [-0.3, -0.25) is 9.97 Å². The van der Waals surface area contributed by atoms with Gasteiger partial charge in [0.15, 0.2) is 0 Å². The van der Waals surface area contributed by atoms with Crippen LogP contribution in [0, 0.1) is 0 Å². The van der Waals surface area contributed by atoms with E-state index in [9.17, 15) is 0 Å². The van der Waals surface area contributed by atoms with Crippen LogP contribution in [0.2, 0.25) is 0 Å². The van der Waals surface area contributed by atoms with Crippen molar-refractivity contribution in [2.45, 2.75) is 0 Å². The molecular weight excluding hydrogens is 304 g/mol. The smallest absolute Gasteiger partial charge is 0.127 e. The number of hydrogen-bond acceptors (Lipinski definition) is 5. The molecule has 0 bridgehead atoms. The van der Waals surface area contributed by atoms with Gasteiger partial charge in [0.25, 0.3) is 0 Å². The summed E-state index contributed by atoms with van der Waals surface area (Å²) in [7, 11) is 0. The SMILES string of the molecule is c1ccc2cc(-c3nccc4sc5ncncc5c34)ncc2c1. The minimum atomic E-state index is 0.873. The molecule has 0 aliphatic carbocycles. The monoisotopic (exact) mass is 314 g/mol. The van der Waals surface area contributed by atoms with Gasteiger partial charge in [-0.2, -0.15) is 0 Å². The molecule has 0 fully saturated rings. The molecule has 0 unspecified atom stereocenters. The summed E-state index contributed by atoms with van der Waals surface area (Å²) in [4.78, 5) is 18.7. The Bertz CT molecular complexity index is 1180. The second-order valence-electron chi connectivity index (χ2n) is 5.29. The van der Waals surface area contributed by atoms with Crippen molar-refractivity contribution in [1.29, 1.82) is 0 Å². The summed E-state index contributed by atoms with van der Waals surface area (Å²) in [5, 5.41) is 4.40. The average molecular weight is 314 g/mol. The van der Waals surface area contributed by atoms with E-state index in [2.05, 4.69) is 38.1 Å². The number of rotatable bonds is 1. The van der Waals surface area contributed by atoms with Gasteiger partial charge < -0.3 is 0 Å². The summed E-state index contributed by atoms with van der Waals surface area (Å²) < 4.78 is 1.15. The van der Waals surface area contributed by atoms with Gasteiger partial charge in [0.2, 0.25) is 0 Å². The largest absolute Gasteiger partial charge is 0.254 e. The van der Waals surface area contributed by atoms with E-state index >= 15 is 0 Å². The molecule has 0 spiro atoms. The Balaban J connectivity index is 1.87. The van der Waals surface area contributed by atoms with Crippen molar-refractivity contribution in [3.8, 4) is 11.4 Å². The Kier molecular flexibility index (Phi) is 2.63. The third-order valence-corrected chi connectivity index (χ3v) is 5.02. The lowest BCUT2D eigenvalue weighted by Gasteiger charge is -2.04. The number of hydrogen-bond donors (Lipinski definition) is 0. The first-order valence-electron chi connectivity index (χ1n) is 7.22. The van der Waals surface area contributed by atoms with Gasteiger partial charge in [0.05, 0.1) is 11.4 Å². The van der Waals surface area contributed by atoms with Crippen LogP contribution >= 0.6 is 11.3 Å². The highest BCUT2D eigenvalue weighted by Crippen LogP contribution is 2.37. The molecule has 0 amide bonds. The van der Waals surface area contributed by atoms with Crippen LogP contribution in [0.25, 0.3) is 42.5 Å². The maximum absolute atomic E-state index is 4.61. The molecule has 4 aromatic heterocycles. The fourth-order valence-electron chi connectivity index (χ4n) is 2.87. The molecule has 0 saturated heterocycles. The van der Waals surface area contributed by atoms with E-state index in [1.54, 1.807) is 17.7 Å². The molecule has 0 aliphatic rings. The summed E-state index contributed by atoms with van der Waals surface area (Å²) in [6.45, 7) is 0. The fraction of sp³-hybridized carbons (Fsp3) is 0. The highest BCUT2D eigenvalue weighted by molar-refractivity contribution is 7.25. The molecule has 0 N–H and O–H groups in total. The van der Waals surface area contributed by atoms with Crippen LogP contribution < -0.4 is 0 Å². The second-order valence-corrected chi connectivity index (χ2v) is 6.32. The molecule has 0 radical (unpaired) electrons. The van der Waals surface area contributed by atoms with Gasteiger partial charge in [0, 0.05) is 39.4 Å². The number of benzene rings is 1. The summed E-state index contributed by atoms with van der Waals surface area (Å²) in [5.74, 6) is 0. The van der Waals surface area contributed by atoms with Gasteiger partial charge in [-0.25, -0.2) is 9.97 Å². The lowest BCUT2D eigenvalue weighted by atomic mass is 10.1. The maximum Gasteiger partial charge on any atom is 0.127 e. The van der Waals surface area contributed by atoms with Crippen molar-refractivity contribution in [2.75, 3.05) is 0 Å². The predicted molar refractivity (Wildman–Crippen MR) is 93.5 cm³/mol. The molecule has 108 valence electrons. The second kappa shape index (κ2) is 4.79. The van der Waals surface area contributed by atoms with Crippen LogP contribution in [0.5, 0.6) is 0 Å². The third-order valence-electron chi connectivity index (χ3n) is 3.94.